The second-order valence-corrected chi connectivity index (χ2v) is 9.10. The minimum Gasteiger partial charge on any atom is -0.491 e. The van der Waals surface area contributed by atoms with Gasteiger partial charge in [-0.05, 0) is 74.9 Å². The molecule has 6 nitrogen and oxygen atoms in total. The second kappa shape index (κ2) is 10.2. The molecule has 1 amide bonds. The number of ether oxygens (including phenoxy) is 1. The molecular weight excluding hydrogens is 467 g/mol. The fraction of sp³-hybridized carbons (Fsp3) is 0.167. The van der Waals surface area contributed by atoms with E-state index in [2.05, 4.69) is 10.4 Å². The standard InChI is InChI=1S/C30H27FN4O2/c1-19(2)37-24-14-8-21(9-15-24)17-32-30(36)26-16-29(34-28-7-5-4-6-25(26)28)27-18-33-35(20(27)3)23-12-10-22(31)11-13-23/h4-16,18-19H,17H2,1-3H3,(H,32,36). The number of benzene rings is 3. The fourth-order valence-electron chi connectivity index (χ4n) is 4.24. The van der Waals surface area contributed by atoms with Crippen molar-refractivity contribution in [3.05, 3.63) is 108 Å². The molecule has 186 valence electrons. The predicted molar refractivity (Wildman–Crippen MR) is 142 cm³/mol. The van der Waals surface area contributed by atoms with Crippen LogP contribution in [0.5, 0.6) is 5.75 Å². The summed E-state index contributed by atoms with van der Waals surface area (Å²) in [7, 11) is 0. The molecule has 0 radical (unpaired) electrons. The van der Waals surface area contributed by atoms with Crippen LogP contribution < -0.4 is 10.1 Å². The van der Waals surface area contributed by atoms with E-state index in [0.29, 0.717) is 23.3 Å². The second-order valence-electron chi connectivity index (χ2n) is 9.10. The van der Waals surface area contributed by atoms with Crippen molar-refractivity contribution in [1.29, 1.82) is 0 Å². The summed E-state index contributed by atoms with van der Waals surface area (Å²) < 4.78 is 20.8. The number of aromatic nitrogens is 3. The number of rotatable bonds is 7. The minimum absolute atomic E-state index is 0.103. The quantitative estimate of drug-likeness (QED) is 0.290. The van der Waals surface area contributed by atoms with Crippen molar-refractivity contribution in [3.63, 3.8) is 0 Å². The van der Waals surface area contributed by atoms with E-state index in [9.17, 15) is 9.18 Å². The van der Waals surface area contributed by atoms with Gasteiger partial charge in [-0.1, -0.05) is 30.3 Å². The Morgan fingerprint density at radius 3 is 2.49 bits per heavy atom. The zero-order chi connectivity index (χ0) is 25.9. The summed E-state index contributed by atoms with van der Waals surface area (Å²) in [6.45, 7) is 6.27. The molecule has 7 heteroatoms. The highest BCUT2D eigenvalue weighted by atomic mass is 19.1. The molecule has 0 fully saturated rings. The van der Waals surface area contributed by atoms with E-state index in [1.807, 2.05) is 69.3 Å². The lowest BCUT2D eigenvalue weighted by Gasteiger charge is -2.12. The Labute approximate surface area is 214 Å². The number of nitrogens with one attached hydrogen (secondary N) is 1. The zero-order valence-electron chi connectivity index (χ0n) is 20.9. The Morgan fingerprint density at radius 2 is 1.76 bits per heavy atom. The normalized spacial score (nSPS) is 11.2. The molecule has 0 atom stereocenters. The van der Waals surface area contributed by atoms with Crippen molar-refractivity contribution in [1.82, 2.24) is 20.1 Å². The van der Waals surface area contributed by atoms with Gasteiger partial charge in [0.25, 0.3) is 5.91 Å². The number of carbonyl (C=O) groups excluding carboxylic acids is 1. The lowest BCUT2D eigenvalue weighted by Crippen LogP contribution is -2.23. The highest BCUT2D eigenvalue weighted by Crippen LogP contribution is 2.28. The SMILES string of the molecule is Cc1c(-c2cc(C(=O)NCc3ccc(OC(C)C)cc3)c3ccccc3n2)cnn1-c1ccc(F)cc1. The molecule has 5 rings (SSSR count). The van der Waals surface area contributed by atoms with Gasteiger partial charge in [-0.15, -0.1) is 0 Å². The molecule has 0 aliphatic carbocycles. The van der Waals surface area contributed by atoms with Crippen LogP contribution in [-0.2, 0) is 6.54 Å². The molecule has 0 saturated carbocycles. The van der Waals surface area contributed by atoms with Crippen LogP contribution in [0, 0.1) is 12.7 Å². The fourth-order valence-corrected chi connectivity index (χ4v) is 4.24. The van der Waals surface area contributed by atoms with Crippen molar-refractivity contribution in [2.75, 3.05) is 0 Å². The smallest absolute Gasteiger partial charge is 0.252 e. The van der Waals surface area contributed by atoms with Crippen LogP contribution in [0.25, 0.3) is 27.8 Å². The third-order valence-corrected chi connectivity index (χ3v) is 6.07. The number of halogens is 1. The Morgan fingerprint density at radius 1 is 1.03 bits per heavy atom. The van der Waals surface area contributed by atoms with Gasteiger partial charge in [-0.2, -0.15) is 5.10 Å². The van der Waals surface area contributed by atoms with E-state index in [1.54, 1.807) is 29.1 Å². The number of fused-ring (bicyclic) bond motifs is 1. The average molecular weight is 495 g/mol. The third-order valence-electron chi connectivity index (χ3n) is 6.07. The molecule has 0 saturated heterocycles. The molecule has 2 aromatic heterocycles. The van der Waals surface area contributed by atoms with Crippen molar-refractivity contribution >= 4 is 16.8 Å². The third kappa shape index (κ3) is 5.21. The molecule has 3 aromatic carbocycles. The van der Waals surface area contributed by atoms with Crippen LogP contribution in [-0.4, -0.2) is 26.8 Å². The van der Waals surface area contributed by atoms with Crippen molar-refractivity contribution in [3.8, 4) is 22.7 Å². The molecule has 0 unspecified atom stereocenters. The van der Waals surface area contributed by atoms with Crippen LogP contribution in [0.3, 0.4) is 0 Å². The maximum absolute atomic E-state index is 13.4. The topological polar surface area (TPSA) is 69.0 Å². The molecule has 0 aliphatic rings. The molecule has 1 N–H and O–H groups in total. The summed E-state index contributed by atoms with van der Waals surface area (Å²) in [6, 6.07) is 23.2. The van der Waals surface area contributed by atoms with Gasteiger partial charge in [0, 0.05) is 17.5 Å². The largest absolute Gasteiger partial charge is 0.491 e. The Hall–Kier alpha value is -4.52. The lowest BCUT2D eigenvalue weighted by atomic mass is 10.0. The van der Waals surface area contributed by atoms with E-state index in [0.717, 1.165) is 33.6 Å². The summed E-state index contributed by atoms with van der Waals surface area (Å²) in [5.41, 5.74) is 5.25. The van der Waals surface area contributed by atoms with Crippen molar-refractivity contribution in [2.24, 2.45) is 0 Å². The van der Waals surface area contributed by atoms with E-state index in [-0.39, 0.29) is 17.8 Å². The van der Waals surface area contributed by atoms with Gasteiger partial charge < -0.3 is 10.1 Å². The first-order chi connectivity index (χ1) is 17.9. The number of nitrogens with zero attached hydrogens (tertiary/aromatic N) is 3. The Kier molecular flexibility index (Phi) is 6.68. The molecular formula is C30H27FN4O2. The van der Waals surface area contributed by atoms with Gasteiger partial charge in [0.15, 0.2) is 0 Å². The van der Waals surface area contributed by atoms with Crippen molar-refractivity contribution in [2.45, 2.75) is 33.4 Å². The zero-order valence-corrected chi connectivity index (χ0v) is 20.9. The van der Waals surface area contributed by atoms with E-state index in [1.165, 1.54) is 12.1 Å². The number of pyridine rings is 1. The summed E-state index contributed by atoms with van der Waals surface area (Å²) in [6.07, 6.45) is 1.82. The number of amides is 1. The minimum atomic E-state index is -0.305. The van der Waals surface area contributed by atoms with E-state index >= 15 is 0 Å². The van der Waals surface area contributed by atoms with Gasteiger partial charge in [0.2, 0.25) is 0 Å². The van der Waals surface area contributed by atoms with E-state index in [4.69, 9.17) is 9.72 Å². The van der Waals surface area contributed by atoms with Gasteiger partial charge in [0.05, 0.1) is 40.5 Å². The molecule has 0 spiro atoms. The van der Waals surface area contributed by atoms with Gasteiger partial charge in [0.1, 0.15) is 11.6 Å². The number of para-hydroxylation sites is 1. The maximum Gasteiger partial charge on any atom is 0.252 e. The summed E-state index contributed by atoms with van der Waals surface area (Å²) in [5, 5.41) is 8.30. The van der Waals surface area contributed by atoms with Gasteiger partial charge in [-0.3, -0.25) is 4.79 Å². The Bertz CT molecular complexity index is 1560. The molecule has 2 heterocycles. The number of hydrogen-bond donors (Lipinski definition) is 1. The summed E-state index contributed by atoms with van der Waals surface area (Å²) in [4.78, 5) is 18.2. The molecule has 5 aromatic rings. The molecule has 0 aliphatic heterocycles. The molecule has 37 heavy (non-hydrogen) atoms. The van der Waals surface area contributed by atoms with Crippen LogP contribution >= 0.6 is 0 Å². The van der Waals surface area contributed by atoms with Gasteiger partial charge in [-0.25, -0.2) is 14.1 Å². The highest BCUT2D eigenvalue weighted by Gasteiger charge is 2.17. The van der Waals surface area contributed by atoms with Crippen LogP contribution in [0.2, 0.25) is 0 Å². The summed E-state index contributed by atoms with van der Waals surface area (Å²) in [5.74, 6) is 0.304. The number of carbonyl (C=O) groups is 1. The maximum atomic E-state index is 13.4. The van der Waals surface area contributed by atoms with Gasteiger partial charge >= 0.3 is 0 Å². The van der Waals surface area contributed by atoms with E-state index < -0.39 is 0 Å². The monoisotopic (exact) mass is 494 g/mol. The number of hydrogen-bond acceptors (Lipinski definition) is 4. The first-order valence-electron chi connectivity index (χ1n) is 12.1. The first kappa shape index (κ1) is 24.2. The van der Waals surface area contributed by atoms with Crippen LogP contribution in [0.4, 0.5) is 4.39 Å². The predicted octanol–water partition coefficient (Wildman–Crippen LogP) is 6.25. The van der Waals surface area contributed by atoms with Crippen LogP contribution in [0.15, 0.2) is 85.1 Å². The lowest BCUT2D eigenvalue weighted by molar-refractivity contribution is 0.0952. The Balaban J connectivity index is 1.44. The highest BCUT2D eigenvalue weighted by molar-refractivity contribution is 6.07. The van der Waals surface area contributed by atoms with Crippen molar-refractivity contribution < 1.29 is 13.9 Å². The first-order valence-corrected chi connectivity index (χ1v) is 12.1. The van der Waals surface area contributed by atoms with Crippen LogP contribution in [0.1, 0.15) is 35.5 Å². The molecule has 0 bridgehead atoms. The average Bonchev–Trinajstić information content (AvgIpc) is 3.28. The summed E-state index contributed by atoms with van der Waals surface area (Å²) >= 11 is 0.